The molecular weight excluding hydrogens is 374 g/mol. The van der Waals surface area contributed by atoms with Gasteiger partial charge in [0.05, 0.1) is 27.4 Å². The highest BCUT2D eigenvalue weighted by molar-refractivity contribution is 5.79. The molecule has 0 atom stereocenters. The van der Waals surface area contributed by atoms with E-state index >= 15 is 0 Å². The summed E-state index contributed by atoms with van der Waals surface area (Å²) in [4.78, 5) is 30.5. The molecule has 0 aromatic heterocycles. The fourth-order valence-electron chi connectivity index (χ4n) is 3.60. The molecule has 1 saturated carbocycles. The second kappa shape index (κ2) is 9.82. The quantitative estimate of drug-likeness (QED) is 0.659. The Kier molecular flexibility index (Phi) is 7.19. The molecule has 0 radical (unpaired) electrons. The first-order chi connectivity index (χ1) is 14.0. The highest BCUT2D eigenvalue weighted by atomic mass is 16.6. The van der Waals surface area contributed by atoms with Crippen molar-refractivity contribution in [2.45, 2.75) is 32.4 Å². The molecule has 1 aromatic rings. The van der Waals surface area contributed by atoms with Gasteiger partial charge in [0.1, 0.15) is 11.5 Å². The summed E-state index contributed by atoms with van der Waals surface area (Å²) in [7, 11) is 3.30. The first-order valence-electron chi connectivity index (χ1n) is 10.2. The summed E-state index contributed by atoms with van der Waals surface area (Å²) in [6.07, 6.45) is 1.91. The molecule has 0 unspecified atom stereocenters. The van der Waals surface area contributed by atoms with Gasteiger partial charge in [0.25, 0.3) is 0 Å². The number of methoxy groups -OCH3 is 2. The largest absolute Gasteiger partial charge is 0.497 e. The van der Waals surface area contributed by atoms with Gasteiger partial charge in [-0.1, -0.05) is 0 Å². The molecule has 1 aromatic carbocycles. The normalized spacial score (nSPS) is 16.7. The molecule has 1 heterocycles. The van der Waals surface area contributed by atoms with Gasteiger partial charge >= 0.3 is 6.09 Å². The Bertz CT molecular complexity index is 714. The SMILES string of the molecule is CCOC(=O)N1CCN(C(=O)CN(Cc2cc(OC)ccc2OC)C2CC2)CC1. The summed E-state index contributed by atoms with van der Waals surface area (Å²) < 4.78 is 15.9. The van der Waals surface area contributed by atoms with E-state index in [4.69, 9.17) is 14.2 Å². The van der Waals surface area contributed by atoms with Crippen LogP contribution in [0.5, 0.6) is 11.5 Å². The van der Waals surface area contributed by atoms with Crippen molar-refractivity contribution in [2.24, 2.45) is 0 Å². The van der Waals surface area contributed by atoms with E-state index in [1.807, 2.05) is 23.1 Å². The third-order valence-corrected chi connectivity index (χ3v) is 5.42. The Morgan fingerprint density at radius 2 is 1.76 bits per heavy atom. The fourth-order valence-corrected chi connectivity index (χ4v) is 3.60. The summed E-state index contributed by atoms with van der Waals surface area (Å²) in [5, 5.41) is 0. The maximum absolute atomic E-state index is 12.9. The van der Waals surface area contributed by atoms with Crippen LogP contribution in [-0.4, -0.2) is 86.3 Å². The van der Waals surface area contributed by atoms with Crippen molar-refractivity contribution in [2.75, 3.05) is 53.6 Å². The van der Waals surface area contributed by atoms with E-state index in [2.05, 4.69) is 4.90 Å². The molecular formula is C21H31N3O5. The molecule has 29 heavy (non-hydrogen) atoms. The Labute approximate surface area is 172 Å². The Hall–Kier alpha value is -2.48. The predicted molar refractivity (Wildman–Crippen MR) is 108 cm³/mol. The van der Waals surface area contributed by atoms with Crippen LogP contribution < -0.4 is 9.47 Å². The zero-order valence-corrected chi connectivity index (χ0v) is 17.6. The number of carbonyl (C=O) groups is 2. The van der Waals surface area contributed by atoms with E-state index in [9.17, 15) is 9.59 Å². The van der Waals surface area contributed by atoms with Gasteiger partial charge in [0, 0.05) is 44.3 Å². The smallest absolute Gasteiger partial charge is 0.409 e. The molecule has 160 valence electrons. The molecule has 0 spiro atoms. The van der Waals surface area contributed by atoms with Crippen LogP contribution in [0.3, 0.4) is 0 Å². The lowest BCUT2D eigenvalue weighted by molar-refractivity contribution is -0.134. The van der Waals surface area contributed by atoms with Crippen LogP contribution in [0.25, 0.3) is 0 Å². The third kappa shape index (κ3) is 5.53. The standard InChI is InChI=1S/C21H31N3O5/c1-4-29-21(26)23-11-9-22(10-12-23)20(25)15-24(17-5-6-17)14-16-13-18(27-2)7-8-19(16)28-3/h7-8,13,17H,4-6,9-12,14-15H2,1-3H3. The van der Waals surface area contributed by atoms with Crippen LogP contribution >= 0.6 is 0 Å². The lowest BCUT2D eigenvalue weighted by atomic mass is 10.1. The van der Waals surface area contributed by atoms with Crippen LogP contribution in [0.4, 0.5) is 4.79 Å². The number of amides is 2. The van der Waals surface area contributed by atoms with Gasteiger partial charge in [0.2, 0.25) is 5.91 Å². The average molecular weight is 405 g/mol. The molecule has 2 fully saturated rings. The predicted octanol–water partition coefficient (Wildman–Crippen LogP) is 1.97. The Morgan fingerprint density at radius 1 is 1.07 bits per heavy atom. The van der Waals surface area contributed by atoms with Crippen LogP contribution in [0, 0.1) is 0 Å². The zero-order valence-electron chi connectivity index (χ0n) is 17.6. The highest BCUT2D eigenvalue weighted by Crippen LogP contribution is 2.32. The molecule has 3 rings (SSSR count). The van der Waals surface area contributed by atoms with E-state index in [0.717, 1.165) is 29.9 Å². The molecule has 2 aliphatic rings. The third-order valence-electron chi connectivity index (χ3n) is 5.42. The number of nitrogens with zero attached hydrogens (tertiary/aromatic N) is 3. The van der Waals surface area contributed by atoms with Crippen molar-refractivity contribution in [1.82, 2.24) is 14.7 Å². The molecule has 1 saturated heterocycles. The van der Waals surface area contributed by atoms with Gasteiger partial charge in [-0.2, -0.15) is 0 Å². The van der Waals surface area contributed by atoms with Crippen LogP contribution in [0.2, 0.25) is 0 Å². The lowest BCUT2D eigenvalue weighted by Crippen LogP contribution is -2.52. The van der Waals surface area contributed by atoms with Crippen molar-refractivity contribution in [1.29, 1.82) is 0 Å². The number of benzene rings is 1. The number of hydrogen-bond acceptors (Lipinski definition) is 6. The fraction of sp³-hybridized carbons (Fsp3) is 0.619. The minimum atomic E-state index is -0.302. The minimum absolute atomic E-state index is 0.0993. The first-order valence-corrected chi connectivity index (χ1v) is 10.2. The Morgan fingerprint density at radius 3 is 2.34 bits per heavy atom. The van der Waals surface area contributed by atoms with E-state index in [0.29, 0.717) is 51.9 Å². The van der Waals surface area contributed by atoms with E-state index in [1.54, 1.807) is 26.0 Å². The summed E-state index contributed by atoms with van der Waals surface area (Å²) >= 11 is 0. The minimum Gasteiger partial charge on any atom is -0.497 e. The number of carbonyl (C=O) groups excluding carboxylic acids is 2. The summed E-state index contributed by atoms with van der Waals surface area (Å²) in [6, 6.07) is 6.17. The number of hydrogen-bond donors (Lipinski definition) is 0. The van der Waals surface area contributed by atoms with E-state index < -0.39 is 0 Å². The van der Waals surface area contributed by atoms with Crippen LogP contribution in [-0.2, 0) is 16.1 Å². The highest BCUT2D eigenvalue weighted by Gasteiger charge is 2.33. The average Bonchev–Trinajstić information content (AvgIpc) is 3.58. The van der Waals surface area contributed by atoms with Gasteiger partial charge in [-0.3, -0.25) is 9.69 Å². The van der Waals surface area contributed by atoms with Crippen LogP contribution in [0.15, 0.2) is 18.2 Å². The maximum Gasteiger partial charge on any atom is 0.409 e. The van der Waals surface area contributed by atoms with E-state index in [1.165, 1.54) is 0 Å². The van der Waals surface area contributed by atoms with Crippen molar-refractivity contribution >= 4 is 12.0 Å². The van der Waals surface area contributed by atoms with Gasteiger partial charge in [-0.05, 0) is 38.0 Å². The molecule has 1 aliphatic carbocycles. The molecule has 0 N–H and O–H groups in total. The summed E-state index contributed by atoms with van der Waals surface area (Å²) in [6.45, 7) is 5.26. The number of rotatable bonds is 8. The molecule has 0 bridgehead atoms. The number of piperazine rings is 1. The first kappa shape index (κ1) is 21.2. The van der Waals surface area contributed by atoms with Crippen molar-refractivity contribution in [3.05, 3.63) is 23.8 Å². The zero-order chi connectivity index (χ0) is 20.8. The lowest BCUT2D eigenvalue weighted by Gasteiger charge is -2.35. The van der Waals surface area contributed by atoms with Crippen molar-refractivity contribution in [3.8, 4) is 11.5 Å². The monoisotopic (exact) mass is 405 g/mol. The van der Waals surface area contributed by atoms with Crippen molar-refractivity contribution in [3.63, 3.8) is 0 Å². The van der Waals surface area contributed by atoms with Gasteiger partial charge < -0.3 is 24.0 Å². The molecule has 8 nitrogen and oxygen atoms in total. The molecule has 8 heteroatoms. The summed E-state index contributed by atoms with van der Waals surface area (Å²) in [5.41, 5.74) is 1.01. The second-order valence-electron chi connectivity index (χ2n) is 7.38. The van der Waals surface area contributed by atoms with Crippen LogP contribution in [0.1, 0.15) is 25.3 Å². The summed E-state index contributed by atoms with van der Waals surface area (Å²) in [5.74, 6) is 1.67. The van der Waals surface area contributed by atoms with E-state index in [-0.39, 0.29) is 12.0 Å². The molecule has 2 amide bonds. The van der Waals surface area contributed by atoms with Crippen molar-refractivity contribution < 1.29 is 23.8 Å². The Balaban J connectivity index is 1.59. The number of ether oxygens (including phenoxy) is 3. The van der Waals surface area contributed by atoms with Gasteiger partial charge in [0.15, 0.2) is 0 Å². The van der Waals surface area contributed by atoms with Gasteiger partial charge in [-0.15, -0.1) is 0 Å². The second-order valence-corrected chi connectivity index (χ2v) is 7.38. The van der Waals surface area contributed by atoms with Gasteiger partial charge in [-0.25, -0.2) is 4.79 Å². The molecule has 1 aliphatic heterocycles. The topological polar surface area (TPSA) is 71.6 Å². The maximum atomic E-state index is 12.9.